The summed E-state index contributed by atoms with van der Waals surface area (Å²) in [5, 5.41) is 0. The van der Waals surface area contributed by atoms with E-state index in [-0.39, 0.29) is 4.70 Å². The van der Waals surface area contributed by atoms with Crippen molar-refractivity contribution in [3.8, 4) is 0 Å². The van der Waals surface area contributed by atoms with Crippen LogP contribution in [0.5, 0.6) is 0 Å². The Labute approximate surface area is 188 Å². The Morgan fingerprint density at radius 1 is 0.694 bits per heavy atom. The topological polar surface area (TPSA) is 36.9 Å². The monoisotopic (exact) mass is 598 g/mol. The minimum Gasteiger partial charge on any atom is -0.334 e. The first-order valence-electron chi connectivity index (χ1n) is 7.64. The van der Waals surface area contributed by atoms with Gasteiger partial charge < -0.3 is 9.47 Å². The van der Waals surface area contributed by atoms with E-state index < -0.39 is 70.0 Å². The number of alkyl halides is 17. The van der Waals surface area contributed by atoms with Gasteiger partial charge in [-0.3, -0.25) is 13.8 Å². The molecule has 0 amide bonds. The zero-order valence-electron chi connectivity index (χ0n) is 17.3. The van der Waals surface area contributed by atoms with Crippen molar-refractivity contribution in [3.05, 3.63) is 0 Å². The fraction of sp³-hybridized carbons (Fsp3) is 1.00. The summed E-state index contributed by atoms with van der Waals surface area (Å²) >= 11 is 0. The Kier molecular flexibility index (Phi) is 24.2. The maximum atomic E-state index is 12.9. The van der Waals surface area contributed by atoms with Crippen molar-refractivity contribution in [2.24, 2.45) is 0 Å². The van der Waals surface area contributed by atoms with Crippen molar-refractivity contribution < 1.29 is 103 Å². The van der Waals surface area contributed by atoms with Gasteiger partial charge in [0.25, 0.3) is 12.3 Å². The van der Waals surface area contributed by atoms with Crippen LogP contribution in [0.15, 0.2) is 0 Å². The van der Waals surface area contributed by atoms with Gasteiger partial charge in [0, 0.05) is 6.92 Å². The molecule has 23 heteroatoms. The lowest BCUT2D eigenvalue weighted by Gasteiger charge is -2.30. The molecule has 36 heavy (non-hydrogen) atoms. The fourth-order valence-electron chi connectivity index (χ4n) is 0.923. The van der Waals surface area contributed by atoms with Crippen molar-refractivity contribution in [1.82, 2.24) is 0 Å². The molecule has 0 aromatic carbocycles. The quantitative estimate of drug-likeness (QED) is 0.199. The molecular weight excluding hydrogens is 581 g/mol. The standard InChI is InChI=1S/C8H6F12O3.C3H5F3.CH2F2O.CH3F.FH/c9-1-5(11,12)23-8(19,20)3(6(13,14)15)21-2-22-4(10)7(16,17)18;1-3(5,6)2-4;2-1-4-3;1-2;/h3-4H,1-2H2;2H2,1H3;1H2;1H3;1H. The van der Waals surface area contributed by atoms with Crippen LogP contribution < -0.4 is 0 Å². The molecule has 4 nitrogen and oxygen atoms in total. The van der Waals surface area contributed by atoms with E-state index in [1.807, 2.05) is 0 Å². The van der Waals surface area contributed by atoms with Crippen LogP contribution in [0, 0.1) is 0 Å². The number of hydrogen-bond acceptors (Lipinski definition) is 4. The van der Waals surface area contributed by atoms with Gasteiger partial charge in [0.05, 0.1) is 7.18 Å². The molecule has 0 bridgehead atoms. The molecule has 2 unspecified atom stereocenters. The third kappa shape index (κ3) is 25.6. The predicted octanol–water partition coefficient (Wildman–Crippen LogP) is 7.10. The molecule has 0 aliphatic rings. The van der Waals surface area contributed by atoms with Crippen molar-refractivity contribution >= 4 is 0 Å². The third-order valence-corrected chi connectivity index (χ3v) is 2.03. The highest BCUT2D eigenvalue weighted by atomic mass is 19.4. The highest BCUT2D eigenvalue weighted by molar-refractivity contribution is 4.78. The molecule has 0 spiro atoms. The highest BCUT2D eigenvalue weighted by Crippen LogP contribution is 2.39. The van der Waals surface area contributed by atoms with Crippen LogP contribution in [0.2, 0.25) is 0 Å². The van der Waals surface area contributed by atoms with Gasteiger partial charge in [-0.15, -0.1) is 0 Å². The molecular formula is C13H17F19O4. The summed E-state index contributed by atoms with van der Waals surface area (Å²) in [5.41, 5.74) is 0. The SMILES string of the molecule is CC(F)(F)CF.CF.F.FCC(F)(F)OC(F)(F)C(OCOC(F)C(F)(F)F)C(F)(F)F.FCOF. The molecule has 0 heterocycles. The molecule has 0 aliphatic heterocycles. The summed E-state index contributed by atoms with van der Waals surface area (Å²) in [4.78, 5) is 2.38. The summed E-state index contributed by atoms with van der Waals surface area (Å²) < 4.78 is 217. The van der Waals surface area contributed by atoms with E-state index >= 15 is 0 Å². The molecule has 2 atom stereocenters. The van der Waals surface area contributed by atoms with Crippen molar-refractivity contribution in [1.29, 1.82) is 0 Å². The van der Waals surface area contributed by atoms with Crippen LogP contribution in [0.1, 0.15) is 6.92 Å². The molecule has 226 valence electrons. The summed E-state index contributed by atoms with van der Waals surface area (Å²) in [6, 6.07) is 0. The van der Waals surface area contributed by atoms with Crippen LogP contribution in [0.3, 0.4) is 0 Å². The second-order valence-electron chi connectivity index (χ2n) is 5.09. The smallest absolute Gasteiger partial charge is 0.334 e. The number of halogens is 19. The van der Waals surface area contributed by atoms with E-state index in [1.165, 1.54) is 0 Å². The van der Waals surface area contributed by atoms with Crippen molar-refractivity contribution in [2.75, 3.05) is 34.2 Å². The Bertz CT molecular complexity index is 491. The van der Waals surface area contributed by atoms with Crippen LogP contribution in [0.25, 0.3) is 0 Å². The minimum atomic E-state index is -6.15. The van der Waals surface area contributed by atoms with Crippen LogP contribution in [-0.2, 0) is 19.2 Å². The van der Waals surface area contributed by atoms with Crippen molar-refractivity contribution in [3.63, 3.8) is 0 Å². The molecule has 0 aromatic heterocycles. The number of ether oxygens (including phenoxy) is 3. The third-order valence-electron chi connectivity index (χ3n) is 2.03. The van der Waals surface area contributed by atoms with Crippen LogP contribution in [-0.4, -0.2) is 77.1 Å². The van der Waals surface area contributed by atoms with Crippen LogP contribution >= 0.6 is 0 Å². The lowest BCUT2D eigenvalue weighted by molar-refractivity contribution is -0.438. The predicted molar refractivity (Wildman–Crippen MR) is 79.1 cm³/mol. The van der Waals surface area contributed by atoms with E-state index in [0.717, 1.165) is 0 Å². The molecule has 0 rings (SSSR count). The van der Waals surface area contributed by atoms with Gasteiger partial charge in [0.2, 0.25) is 13.0 Å². The Morgan fingerprint density at radius 3 is 1.28 bits per heavy atom. The molecule has 0 saturated carbocycles. The molecule has 0 N–H and O–H groups in total. The van der Waals surface area contributed by atoms with E-state index in [2.05, 4.69) is 19.2 Å². The van der Waals surface area contributed by atoms with Crippen LogP contribution in [0.4, 0.5) is 83.9 Å². The second kappa shape index (κ2) is 19.6. The highest BCUT2D eigenvalue weighted by Gasteiger charge is 2.62. The average molecular weight is 598 g/mol. The zero-order valence-corrected chi connectivity index (χ0v) is 17.3. The minimum absolute atomic E-state index is 0. The fourth-order valence-corrected chi connectivity index (χ4v) is 0.923. The first-order chi connectivity index (χ1) is 15.5. The largest absolute Gasteiger partial charge is 0.445 e. The van der Waals surface area contributed by atoms with Crippen molar-refractivity contribution in [2.45, 2.75) is 49.9 Å². The van der Waals surface area contributed by atoms with E-state index in [9.17, 15) is 79.2 Å². The van der Waals surface area contributed by atoms with E-state index in [4.69, 9.17) is 0 Å². The molecule has 0 aromatic rings. The lowest BCUT2D eigenvalue weighted by Crippen LogP contribution is -2.52. The normalized spacial score (nSPS) is 14.0. The summed E-state index contributed by atoms with van der Waals surface area (Å²) in [5.74, 6) is -3.12. The van der Waals surface area contributed by atoms with Gasteiger partial charge in [-0.1, -0.05) is 0 Å². The zero-order chi connectivity index (χ0) is 29.3. The second-order valence-corrected chi connectivity index (χ2v) is 5.09. The summed E-state index contributed by atoms with van der Waals surface area (Å²) in [6.07, 6.45) is -31.9. The molecule has 0 fully saturated rings. The van der Waals surface area contributed by atoms with Gasteiger partial charge in [0.15, 0.2) is 20.1 Å². The molecule has 0 aliphatic carbocycles. The Hall–Kier alpha value is -1.49. The number of hydrogen-bond donors (Lipinski definition) is 0. The van der Waals surface area contributed by atoms with Gasteiger partial charge in [0.1, 0.15) is 0 Å². The van der Waals surface area contributed by atoms with Gasteiger partial charge >= 0.3 is 24.6 Å². The summed E-state index contributed by atoms with van der Waals surface area (Å²) in [6.45, 7) is -7.64. The Balaban J connectivity index is -0.000000205. The first kappa shape index (κ1) is 44.5. The lowest BCUT2D eigenvalue weighted by atomic mass is 10.3. The molecule has 0 radical (unpaired) electrons. The van der Waals surface area contributed by atoms with Gasteiger partial charge in [-0.25, -0.2) is 26.3 Å². The Morgan fingerprint density at radius 2 is 1.06 bits per heavy atom. The molecule has 0 saturated heterocycles. The van der Waals surface area contributed by atoms with E-state index in [1.54, 1.807) is 0 Å². The van der Waals surface area contributed by atoms with Gasteiger partial charge in [-0.2, -0.15) is 48.8 Å². The van der Waals surface area contributed by atoms with E-state index in [0.29, 0.717) is 14.1 Å². The summed E-state index contributed by atoms with van der Waals surface area (Å²) in [7, 11) is 0.500. The average Bonchev–Trinajstić information content (AvgIpc) is 2.70. The number of rotatable bonds is 10. The van der Waals surface area contributed by atoms with Gasteiger partial charge in [-0.05, 0) is 4.53 Å². The maximum absolute atomic E-state index is 12.9. The maximum Gasteiger partial charge on any atom is 0.445 e. The first-order valence-corrected chi connectivity index (χ1v) is 7.64.